The molecule has 17 heavy (non-hydrogen) atoms. The van der Waals surface area contributed by atoms with E-state index in [2.05, 4.69) is 17.0 Å². The first-order valence-electron chi connectivity index (χ1n) is 6.40. The molecule has 0 aromatic heterocycles. The van der Waals surface area contributed by atoms with E-state index in [1.165, 1.54) is 12.8 Å². The number of likely N-dealkylation sites (tertiary alicyclic amines) is 1. The Labute approximate surface area is 104 Å². The van der Waals surface area contributed by atoms with E-state index in [0.29, 0.717) is 24.2 Å². The molecule has 5 nitrogen and oxygen atoms in total. The van der Waals surface area contributed by atoms with Gasteiger partial charge in [-0.15, -0.1) is 0 Å². The van der Waals surface area contributed by atoms with Gasteiger partial charge in [-0.25, -0.2) is 0 Å². The van der Waals surface area contributed by atoms with E-state index in [1.54, 1.807) is 7.11 Å². The third-order valence-corrected chi connectivity index (χ3v) is 3.51. The summed E-state index contributed by atoms with van der Waals surface area (Å²) in [5.74, 6) is 0.945. The van der Waals surface area contributed by atoms with Crippen molar-refractivity contribution in [1.82, 2.24) is 4.90 Å². The Morgan fingerprint density at radius 2 is 2.41 bits per heavy atom. The molecule has 0 bridgehead atoms. The summed E-state index contributed by atoms with van der Waals surface area (Å²) in [6.45, 7) is 5.15. The van der Waals surface area contributed by atoms with Gasteiger partial charge in [0.15, 0.2) is 0 Å². The molecule has 0 aromatic rings. The Balaban J connectivity index is 2.50. The van der Waals surface area contributed by atoms with Crippen LogP contribution < -0.4 is 5.73 Å². The number of hydrogen-bond donors (Lipinski definition) is 2. The molecular weight excluding hydrogens is 218 g/mol. The second-order valence-electron chi connectivity index (χ2n) is 4.82. The van der Waals surface area contributed by atoms with Crippen LogP contribution in [0, 0.1) is 5.92 Å². The predicted molar refractivity (Wildman–Crippen MR) is 68.3 cm³/mol. The van der Waals surface area contributed by atoms with Gasteiger partial charge in [0.1, 0.15) is 5.84 Å². The van der Waals surface area contributed by atoms with E-state index in [4.69, 9.17) is 15.7 Å². The first-order chi connectivity index (χ1) is 8.21. The van der Waals surface area contributed by atoms with Gasteiger partial charge in [-0.3, -0.25) is 4.90 Å². The number of oxime groups is 1. The zero-order valence-electron chi connectivity index (χ0n) is 10.9. The molecule has 0 saturated carbocycles. The zero-order valence-corrected chi connectivity index (χ0v) is 10.9. The molecule has 1 rings (SSSR count). The summed E-state index contributed by atoms with van der Waals surface area (Å²) in [5.41, 5.74) is 5.60. The van der Waals surface area contributed by atoms with Crippen LogP contribution in [-0.2, 0) is 4.74 Å². The molecule has 1 aliphatic rings. The Morgan fingerprint density at radius 3 is 3.00 bits per heavy atom. The number of piperidine rings is 1. The van der Waals surface area contributed by atoms with Gasteiger partial charge in [0.25, 0.3) is 0 Å². The number of nitrogens with two attached hydrogens (primary N) is 1. The summed E-state index contributed by atoms with van der Waals surface area (Å²) in [6.07, 6.45) is 4.12. The van der Waals surface area contributed by atoms with E-state index >= 15 is 0 Å². The van der Waals surface area contributed by atoms with Gasteiger partial charge < -0.3 is 15.7 Å². The number of rotatable bonds is 6. The fourth-order valence-corrected chi connectivity index (χ4v) is 2.61. The summed E-state index contributed by atoms with van der Waals surface area (Å²) in [7, 11) is 1.76. The largest absolute Gasteiger partial charge is 0.409 e. The van der Waals surface area contributed by atoms with Crippen LogP contribution in [-0.4, -0.2) is 48.8 Å². The summed E-state index contributed by atoms with van der Waals surface area (Å²) < 4.78 is 5.23. The van der Waals surface area contributed by atoms with Gasteiger partial charge in [-0.2, -0.15) is 0 Å². The van der Waals surface area contributed by atoms with Crippen LogP contribution in [0.5, 0.6) is 0 Å². The maximum Gasteiger partial charge on any atom is 0.140 e. The second kappa shape index (κ2) is 7.50. The highest BCUT2D eigenvalue weighted by atomic mass is 16.5. The number of methoxy groups -OCH3 is 1. The van der Waals surface area contributed by atoms with Crippen molar-refractivity contribution in [2.45, 2.75) is 38.6 Å². The Hall–Kier alpha value is -0.810. The Morgan fingerprint density at radius 1 is 1.65 bits per heavy atom. The van der Waals surface area contributed by atoms with Gasteiger partial charge >= 0.3 is 0 Å². The minimum absolute atomic E-state index is 0.325. The van der Waals surface area contributed by atoms with E-state index in [0.717, 1.165) is 26.1 Å². The van der Waals surface area contributed by atoms with Gasteiger partial charge in [0, 0.05) is 26.1 Å². The molecule has 0 amide bonds. The molecular formula is C12H25N3O2. The Kier molecular flexibility index (Phi) is 6.29. The van der Waals surface area contributed by atoms with Crippen LogP contribution in [0.3, 0.4) is 0 Å². The third kappa shape index (κ3) is 4.52. The monoisotopic (exact) mass is 243 g/mol. The van der Waals surface area contributed by atoms with Crippen molar-refractivity contribution in [2.75, 3.05) is 26.8 Å². The van der Waals surface area contributed by atoms with Crippen molar-refractivity contribution < 1.29 is 9.94 Å². The van der Waals surface area contributed by atoms with Gasteiger partial charge in [0.05, 0.1) is 6.61 Å². The fourth-order valence-electron chi connectivity index (χ4n) is 2.61. The average Bonchev–Trinajstić information content (AvgIpc) is 2.36. The van der Waals surface area contributed by atoms with Crippen LogP contribution in [0.25, 0.3) is 0 Å². The molecule has 2 unspecified atom stereocenters. The number of amidine groups is 1. The topological polar surface area (TPSA) is 71.1 Å². The van der Waals surface area contributed by atoms with Crippen molar-refractivity contribution in [3.8, 4) is 0 Å². The molecule has 1 aliphatic heterocycles. The van der Waals surface area contributed by atoms with Crippen LogP contribution in [0.4, 0.5) is 0 Å². The van der Waals surface area contributed by atoms with Gasteiger partial charge in [0.2, 0.25) is 0 Å². The Bertz CT molecular complexity index is 244. The molecule has 5 heteroatoms. The smallest absolute Gasteiger partial charge is 0.140 e. The molecule has 1 heterocycles. The van der Waals surface area contributed by atoms with Gasteiger partial charge in [-0.05, 0) is 31.7 Å². The first-order valence-corrected chi connectivity index (χ1v) is 6.40. The fraction of sp³-hybridized carbons (Fsp3) is 0.917. The van der Waals surface area contributed by atoms with E-state index in [9.17, 15) is 0 Å². The second-order valence-corrected chi connectivity index (χ2v) is 4.82. The standard InChI is InChI=1S/C12H25N3O2/c1-3-11(7-12(13)14-16)15-6-4-5-10(8-15)9-17-2/h10-11,16H,3-9H2,1-2H3,(H2,13,14). The lowest BCUT2D eigenvalue weighted by Gasteiger charge is -2.37. The molecule has 1 saturated heterocycles. The van der Waals surface area contributed by atoms with Crippen LogP contribution in [0.2, 0.25) is 0 Å². The van der Waals surface area contributed by atoms with E-state index < -0.39 is 0 Å². The minimum atomic E-state index is 0.325. The lowest BCUT2D eigenvalue weighted by Crippen LogP contribution is -2.45. The minimum Gasteiger partial charge on any atom is -0.409 e. The quantitative estimate of drug-likeness (QED) is 0.319. The summed E-state index contributed by atoms with van der Waals surface area (Å²) in [4.78, 5) is 2.45. The maximum absolute atomic E-state index is 8.64. The van der Waals surface area contributed by atoms with Crippen LogP contribution in [0.1, 0.15) is 32.6 Å². The molecule has 100 valence electrons. The SMILES string of the molecule is CCC(CC(N)=NO)N1CCCC(COC)C1. The number of nitrogens with zero attached hydrogens (tertiary/aromatic N) is 2. The molecule has 0 aromatic carbocycles. The summed E-state index contributed by atoms with van der Waals surface area (Å²) in [5, 5.41) is 11.7. The van der Waals surface area contributed by atoms with Crippen LogP contribution in [0.15, 0.2) is 5.16 Å². The highest BCUT2D eigenvalue weighted by molar-refractivity contribution is 5.80. The molecule has 0 spiro atoms. The van der Waals surface area contributed by atoms with Crippen molar-refractivity contribution >= 4 is 5.84 Å². The summed E-state index contributed by atoms with van der Waals surface area (Å²) in [6, 6.07) is 0.380. The molecule has 1 fully saturated rings. The number of ether oxygens (including phenoxy) is 1. The van der Waals surface area contributed by atoms with Crippen LogP contribution >= 0.6 is 0 Å². The zero-order chi connectivity index (χ0) is 12.7. The van der Waals surface area contributed by atoms with Gasteiger partial charge in [-0.1, -0.05) is 12.1 Å². The molecule has 2 atom stereocenters. The van der Waals surface area contributed by atoms with Crippen molar-refractivity contribution in [1.29, 1.82) is 0 Å². The lowest BCUT2D eigenvalue weighted by atomic mass is 9.96. The normalized spacial score (nSPS) is 24.8. The molecule has 0 radical (unpaired) electrons. The third-order valence-electron chi connectivity index (χ3n) is 3.51. The number of hydrogen-bond acceptors (Lipinski definition) is 4. The first kappa shape index (κ1) is 14.3. The lowest BCUT2D eigenvalue weighted by molar-refractivity contribution is 0.0683. The maximum atomic E-state index is 8.64. The highest BCUT2D eigenvalue weighted by Gasteiger charge is 2.25. The average molecular weight is 243 g/mol. The molecule has 0 aliphatic carbocycles. The summed E-state index contributed by atoms with van der Waals surface area (Å²) >= 11 is 0. The van der Waals surface area contributed by atoms with E-state index in [-0.39, 0.29) is 0 Å². The van der Waals surface area contributed by atoms with E-state index in [1.807, 2.05) is 0 Å². The van der Waals surface area contributed by atoms with Crippen molar-refractivity contribution in [3.05, 3.63) is 0 Å². The predicted octanol–water partition coefficient (Wildman–Crippen LogP) is 1.26. The highest BCUT2D eigenvalue weighted by Crippen LogP contribution is 2.21. The molecule has 3 N–H and O–H groups in total. The van der Waals surface area contributed by atoms with Crippen molar-refractivity contribution in [2.24, 2.45) is 16.8 Å². The van der Waals surface area contributed by atoms with Crippen molar-refractivity contribution in [3.63, 3.8) is 0 Å².